The molecule has 1 aromatic heterocycles. The molecule has 1 amide bonds. The van der Waals surface area contributed by atoms with E-state index in [-0.39, 0.29) is 11.5 Å². The first-order valence-corrected chi connectivity index (χ1v) is 11.3. The number of alkyl carbamates (subject to hydrolysis) is 1. The molecule has 2 aromatic carbocycles. The number of carbonyl (C=O) groups is 1. The predicted molar refractivity (Wildman–Crippen MR) is 117 cm³/mol. The number of fused-ring (bicyclic) bond motifs is 1. The van der Waals surface area contributed by atoms with Crippen LogP contribution in [-0.2, 0) is 21.2 Å². The zero-order valence-electron chi connectivity index (χ0n) is 18.0. The minimum atomic E-state index is -3.82. The predicted octanol–water partition coefficient (Wildman–Crippen LogP) is 3.01. The fourth-order valence-electron chi connectivity index (χ4n) is 3.11. The first kappa shape index (κ1) is 22.8. The molecule has 0 aliphatic carbocycles. The second-order valence-corrected chi connectivity index (χ2v) is 10.2. The SMILES string of the molecule is Cc1ccc(S(=O)(=O)n2ncc3cc(CC(CO)NC(=O)OC(C)(C)C)ccc32)cc1. The number of ether oxygens (including phenoxy) is 1. The fraction of sp³-hybridized carbons (Fsp3) is 0.364. The molecule has 8 nitrogen and oxygen atoms in total. The van der Waals surface area contributed by atoms with Crippen LogP contribution in [0.15, 0.2) is 53.6 Å². The van der Waals surface area contributed by atoms with E-state index in [4.69, 9.17) is 4.74 Å². The van der Waals surface area contributed by atoms with E-state index in [9.17, 15) is 18.3 Å². The lowest BCUT2D eigenvalue weighted by molar-refractivity contribution is 0.0483. The van der Waals surface area contributed by atoms with Crippen LogP contribution in [0.25, 0.3) is 10.9 Å². The van der Waals surface area contributed by atoms with E-state index in [1.54, 1.807) is 63.2 Å². The minimum Gasteiger partial charge on any atom is -0.444 e. The highest BCUT2D eigenvalue weighted by atomic mass is 32.2. The van der Waals surface area contributed by atoms with Crippen molar-refractivity contribution in [1.29, 1.82) is 0 Å². The highest BCUT2D eigenvalue weighted by Gasteiger charge is 2.22. The second kappa shape index (κ2) is 8.68. The van der Waals surface area contributed by atoms with Crippen molar-refractivity contribution in [2.24, 2.45) is 0 Å². The van der Waals surface area contributed by atoms with E-state index >= 15 is 0 Å². The molecule has 31 heavy (non-hydrogen) atoms. The molecule has 1 unspecified atom stereocenters. The van der Waals surface area contributed by atoms with Crippen LogP contribution in [0.3, 0.4) is 0 Å². The average molecular weight is 446 g/mol. The Labute approximate surface area is 181 Å². The zero-order valence-corrected chi connectivity index (χ0v) is 18.8. The van der Waals surface area contributed by atoms with E-state index in [1.165, 1.54) is 6.20 Å². The standard InChI is InChI=1S/C22H27N3O5S/c1-15-5-8-19(9-6-15)31(28,29)25-20-10-7-16(11-17(20)13-23-25)12-18(14-26)24-21(27)30-22(2,3)4/h5-11,13,18,26H,12,14H2,1-4H3,(H,24,27). The molecule has 0 radical (unpaired) electrons. The zero-order chi connectivity index (χ0) is 22.8. The summed E-state index contributed by atoms with van der Waals surface area (Å²) in [6, 6.07) is 11.3. The molecule has 1 heterocycles. The van der Waals surface area contributed by atoms with Gasteiger partial charge in [0.25, 0.3) is 10.0 Å². The number of nitrogens with zero attached hydrogens (tertiary/aromatic N) is 2. The molecule has 1 atom stereocenters. The molecular formula is C22H27N3O5S. The van der Waals surface area contributed by atoms with Gasteiger partial charge in [0.1, 0.15) is 5.60 Å². The van der Waals surface area contributed by atoms with Crippen molar-refractivity contribution in [3.63, 3.8) is 0 Å². The average Bonchev–Trinajstić information content (AvgIpc) is 3.10. The van der Waals surface area contributed by atoms with Crippen molar-refractivity contribution >= 4 is 27.0 Å². The summed E-state index contributed by atoms with van der Waals surface area (Å²) in [6.45, 7) is 6.90. The Morgan fingerprint density at radius 1 is 1.19 bits per heavy atom. The first-order chi connectivity index (χ1) is 14.5. The maximum Gasteiger partial charge on any atom is 0.407 e. The molecule has 0 saturated carbocycles. The summed E-state index contributed by atoms with van der Waals surface area (Å²) < 4.78 is 32.2. The molecule has 2 N–H and O–H groups in total. The third-order valence-corrected chi connectivity index (χ3v) is 6.18. The molecule has 0 aliphatic heterocycles. The van der Waals surface area contributed by atoms with Crippen LogP contribution in [0.2, 0.25) is 0 Å². The van der Waals surface area contributed by atoms with Gasteiger partial charge >= 0.3 is 6.09 Å². The van der Waals surface area contributed by atoms with Crippen LogP contribution < -0.4 is 5.32 Å². The lowest BCUT2D eigenvalue weighted by Crippen LogP contribution is -2.42. The lowest BCUT2D eigenvalue weighted by atomic mass is 10.0. The lowest BCUT2D eigenvalue weighted by Gasteiger charge is -2.22. The normalized spacial score (nSPS) is 13.2. The quantitative estimate of drug-likeness (QED) is 0.603. The topological polar surface area (TPSA) is 111 Å². The van der Waals surface area contributed by atoms with Gasteiger partial charge in [-0.3, -0.25) is 0 Å². The number of aliphatic hydroxyl groups excluding tert-OH is 1. The number of hydrogen-bond donors (Lipinski definition) is 2. The van der Waals surface area contributed by atoms with Crippen molar-refractivity contribution < 1.29 is 23.1 Å². The van der Waals surface area contributed by atoms with Crippen molar-refractivity contribution in [2.75, 3.05) is 6.61 Å². The minimum absolute atomic E-state index is 0.161. The van der Waals surface area contributed by atoms with E-state index in [2.05, 4.69) is 10.4 Å². The van der Waals surface area contributed by atoms with Crippen molar-refractivity contribution in [1.82, 2.24) is 14.5 Å². The Balaban J connectivity index is 1.81. The largest absolute Gasteiger partial charge is 0.444 e. The Morgan fingerprint density at radius 2 is 1.87 bits per heavy atom. The highest BCUT2D eigenvalue weighted by Crippen LogP contribution is 2.22. The molecular weight excluding hydrogens is 418 g/mol. The van der Waals surface area contributed by atoms with Crippen molar-refractivity contribution in [3.05, 3.63) is 59.8 Å². The Morgan fingerprint density at radius 3 is 2.48 bits per heavy atom. The third kappa shape index (κ3) is 5.42. The van der Waals surface area contributed by atoms with Crippen LogP contribution in [0, 0.1) is 6.92 Å². The third-order valence-electron chi connectivity index (χ3n) is 4.57. The van der Waals surface area contributed by atoms with Crippen LogP contribution >= 0.6 is 0 Å². The summed E-state index contributed by atoms with van der Waals surface area (Å²) in [5, 5.41) is 17.0. The molecule has 0 spiro atoms. The monoisotopic (exact) mass is 445 g/mol. The Bertz CT molecular complexity index is 1180. The summed E-state index contributed by atoms with van der Waals surface area (Å²) >= 11 is 0. The van der Waals surface area contributed by atoms with E-state index in [0.717, 1.165) is 15.2 Å². The van der Waals surface area contributed by atoms with Gasteiger partial charge in [-0.2, -0.15) is 17.6 Å². The van der Waals surface area contributed by atoms with E-state index < -0.39 is 27.8 Å². The van der Waals surface area contributed by atoms with Crippen LogP contribution in [0.4, 0.5) is 4.79 Å². The highest BCUT2D eigenvalue weighted by molar-refractivity contribution is 7.90. The number of aliphatic hydroxyl groups is 1. The van der Waals surface area contributed by atoms with Crippen LogP contribution in [-0.4, -0.2) is 47.1 Å². The molecule has 3 aromatic rings. The maximum absolute atomic E-state index is 13.0. The first-order valence-electron chi connectivity index (χ1n) is 9.89. The second-order valence-electron chi connectivity index (χ2n) is 8.43. The maximum atomic E-state index is 13.0. The van der Waals surface area contributed by atoms with Gasteiger partial charge in [0, 0.05) is 5.39 Å². The molecule has 0 bridgehead atoms. The van der Waals surface area contributed by atoms with Crippen molar-refractivity contribution in [2.45, 2.75) is 50.7 Å². The number of nitrogens with one attached hydrogen (secondary N) is 1. The van der Waals surface area contributed by atoms with Crippen LogP contribution in [0.5, 0.6) is 0 Å². The Hall–Kier alpha value is -2.91. The molecule has 0 saturated heterocycles. The number of amides is 1. The molecule has 9 heteroatoms. The van der Waals surface area contributed by atoms with E-state index in [1.807, 2.05) is 6.92 Å². The summed E-state index contributed by atoms with van der Waals surface area (Å²) in [7, 11) is -3.82. The summed E-state index contributed by atoms with van der Waals surface area (Å²) in [6.07, 6.45) is 1.23. The molecule has 0 fully saturated rings. The van der Waals surface area contributed by atoms with Gasteiger partial charge < -0.3 is 15.2 Å². The Kier molecular flexibility index (Phi) is 6.38. The van der Waals surface area contributed by atoms with Gasteiger partial charge in [-0.05, 0) is 63.9 Å². The number of hydrogen-bond acceptors (Lipinski definition) is 6. The summed E-state index contributed by atoms with van der Waals surface area (Å²) in [5.74, 6) is 0. The van der Waals surface area contributed by atoms with Gasteiger partial charge in [0.2, 0.25) is 0 Å². The fourth-order valence-corrected chi connectivity index (χ4v) is 4.38. The molecule has 0 aliphatic rings. The summed E-state index contributed by atoms with van der Waals surface area (Å²) in [4.78, 5) is 12.1. The van der Waals surface area contributed by atoms with E-state index in [0.29, 0.717) is 17.3 Å². The van der Waals surface area contributed by atoms with Gasteiger partial charge in [-0.25, -0.2) is 4.79 Å². The molecule has 3 rings (SSSR count). The summed E-state index contributed by atoms with van der Waals surface area (Å²) in [5.41, 5.74) is 1.59. The number of aromatic nitrogens is 2. The van der Waals surface area contributed by atoms with Gasteiger partial charge in [-0.1, -0.05) is 23.8 Å². The van der Waals surface area contributed by atoms with Gasteiger partial charge in [0.15, 0.2) is 0 Å². The van der Waals surface area contributed by atoms with Gasteiger partial charge in [-0.15, -0.1) is 0 Å². The number of benzene rings is 2. The smallest absolute Gasteiger partial charge is 0.407 e. The number of aryl methyl sites for hydroxylation is 1. The number of rotatable bonds is 6. The number of carbonyl (C=O) groups excluding carboxylic acids is 1. The molecule has 166 valence electrons. The van der Waals surface area contributed by atoms with Gasteiger partial charge in [0.05, 0.1) is 29.3 Å². The van der Waals surface area contributed by atoms with Crippen molar-refractivity contribution in [3.8, 4) is 0 Å². The van der Waals surface area contributed by atoms with Crippen LogP contribution in [0.1, 0.15) is 31.9 Å².